The van der Waals surface area contributed by atoms with Crippen molar-refractivity contribution in [1.29, 1.82) is 0 Å². The molecule has 1 aliphatic heterocycles. The Hall–Kier alpha value is -1.89. The van der Waals surface area contributed by atoms with Crippen molar-refractivity contribution in [2.75, 3.05) is 32.8 Å². The predicted octanol–water partition coefficient (Wildman–Crippen LogP) is 3.18. The van der Waals surface area contributed by atoms with Crippen LogP contribution in [0, 0.1) is 12.7 Å². The van der Waals surface area contributed by atoms with Crippen LogP contribution < -0.4 is 5.32 Å². The number of ether oxygens (including phenoxy) is 1. The summed E-state index contributed by atoms with van der Waals surface area (Å²) in [5, 5.41) is 3.11. The van der Waals surface area contributed by atoms with Crippen molar-refractivity contribution in [2.45, 2.75) is 13.0 Å². The number of benzene rings is 1. The zero-order valence-electron chi connectivity index (χ0n) is 13.9. The second kappa shape index (κ2) is 7.99. The van der Waals surface area contributed by atoms with Gasteiger partial charge in [-0.1, -0.05) is 11.6 Å². The fourth-order valence-electron chi connectivity index (χ4n) is 2.89. The summed E-state index contributed by atoms with van der Waals surface area (Å²) in [5.74, 6) is 0.479. The lowest BCUT2D eigenvalue weighted by Crippen LogP contribution is -2.43. The van der Waals surface area contributed by atoms with E-state index in [1.54, 1.807) is 0 Å². The maximum Gasteiger partial charge on any atom is 0.254 e. The van der Waals surface area contributed by atoms with E-state index in [4.69, 9.17) is 20.8 Å². The Morgan fingerprint density at radius 3 is 2.76 bits per heavy atom. The SMILES string of the molecule is Cc1ccc(C(CNC(=O)c2cc(Cl)ccc2F)N2CCOCC2)o1. The number of rotatable bonds is 5. The molecule has 2 heterocycles. The second-order valence-corrected chi connectivity index (χ2v) is 6.38. The van der Waals surface area contributed by atoms with Crippen LogP contribution in [0.4, 0.5) is 4.39 Å². The van der Waals surface area contributed by atoms with Crippen LogP contribution in [-0.2, 0) is 4.74 Å². The Balaban J connectivity index is 1.73. The average Bonchev–Trinajstić information content (AvgIpc) is 3.04. The van der Waals surface area contributed by atoms with Crippen molar-refractivity contribution in [1.82, 2.24) is 10.2 Å². The third-order valence-corrected chi connectivity index (χ3v) is 4.44. The van der Waals surface area contributed by atoms with Crippen LogP contribution in [0.1, 0.15) is 27.9 Å². The van der Waals surface area contributed by atoms with Gasteiger partial charge in [0.15, 0.2) is 0 Å². The number of furan rings is 1. The maximum atomic E-state index is 13.9. The van der Waals surface area contributed by atoms with E-state index in [-0.39, 0.29) is 11.6 Å². The highest BCUT2D eigenvalue weighted by Gasteiger charge is 2.26. The Morgan fingerprint density at radius 1 is 1.32 bits per heavy atom. The molecular weight excluding hydrogens is 347 g/mol. The first-order chi connectivity index (χ1) is 12.0. The van der Waals surface area contributed by atoms with Crippen LogP contribution >= 0.6 is 11.6 Å². The second-order valence-electron chi connectivity index (χ2n) is 5.95. The van der Waals surface area contributed by atoms with Crippen LogP contribution in [0.5, 0.6) is 0 Å². The minimum Gasteiger partial charge on any atom is -0.465 e. The van der Waals surface area contributed by atoms with Crippen molar-refractivity contribution < 1.29 is 18.3 Å². The summed E-state index contributed by atoms with van der Waals surface area (Å²) in [6, 6.07) is 7.59. The fourth-order valence-corrected chi connectivity index (χ4v) is 3.06. The molecular formula is C18H20ClFN2O3. The molecule has 2 aromatic rings. The average molecular weight is 367 g/mol. The van der Waals surface area contributed by atoms with Crippen molar-refractivity contribution in [3.63, 3.8) is 0 Å². The number of morpholine rings is 1. The van der Waals surface area contributed by atoms with Gasteiger partial charge in [-0.3, -0.25) is 9.69 Å². The Kier molecular flexibility index (Phi) is 5.73. The topological polar surface area (TPSA) is 54.7 Å². The largest absolute Gasteiger partial charge is 0.465 e. The molecule has 0 bridgehead atoms. The van der Waals surface area contributed by atoms with Crippen molar-refractivity contribution in [2.24, 2.45) is 0 Å². The van der Waals surface area contributed by atoms with Crippen LogP contribution in [0.2, 0.25) is 5.02 Å². The van der Waals surface area contributed by atoms with Crippen LogP contribution in [0.15, 0.2) is 34.7 Å². The molecule has 1 unspecified atom stereocenters. The maximum absolute atomic E-state index is 13.9. The van der Waals surface area contributed by atoms with Gasteiger partial charge in [0.1, 0.15) is 17.3 Å². The number of aryl methyl sites for hydroxylation is 1. The molecule has 0 aliphatic carbocycles. The molecule has 1 aromatic heterocycles. The van der Waals surface area contributed by atoms with Gasteiger partial charge < -0.3 is 14.5 Å². The normalized spacial score (nSPS) is 16.6. The molecule has 1 N–H and O–H groups in total. The molecule has 0 spiro atoms. The molecule has 1 aliphatic rings. The highest BCUT2D eigenvalue weighted by Crippen LogP contribution is 2.23. The van der Waals surface area contributed by atoms with Gasteiger partial charge >= 0.3 is 0 Å². The van der Waals surface area contributed by atoms with Gasteiger partial charge in [-0.25, -0.2) is 4.39 Å². The van der Waals surface area contributed by atoms with Crippen LogP contribution in [0.25, 0.3) is 0 Å². The van der Waals surface area contributed by atoms with Gasteiger partial charge in [0, 0.05) is 24.7 Å². The van der Waals surface area contributed by atoms with Gasteiger partial charge in [0.25, 0.3) is 5.91 Å². The summed E-state index contributed by atoms with van der Waals surface area (Å²) in [7, 11) is 0. The number of amides is 1. The Labute approximate surface area is 150 Å². The van der Waals surface area contributed by atoms with Gasteiger partial charge in [-0.05, 0) is 37.3 Å². The van der Waals surface area contributed by atoms with Crippen molar-refractivity contribution in [3.05, 3.63) is 58.3 Å². The summed E-state index contributed by atoms with van der Waals surface area (Å²) in [6.07, 6.45) is 0. The summed E-state index contributed by atoms with van der Waals surface area (Å²) in [5.41, 5.74) is -0.0659. The van der Waals surface area contributed by atoms with E-state index >= 15 is 0 Å². The number of hydrogen-bond acceptors (Lipinski definition) is 4. The van der Waals surface area contributed by atoms with Crippen LogP contribution in [0.3, 0.4) is 0 Å². The van der Waals surface area contributed by atoms with E-state index < -0.39 is 11.7 Å². The zero-order valence-corrected chi connectivity index (χ0v) is 14.7. The number of nitrogens with one attached hydrogen (secondary N) is 1. The lowest BCUT2D eigenvalue weighted by Gasteiger charge is -2.33. The third-order valence-electron chi connectivity index (χ3n) is 4.21. The first-order valence-electron chi connectivity index (χ1n) is 8.16. The highest BCUT2D eigenvalue weighted by molar-refractivity contribution is 6.31. The molecule has 1 saturated heterocycles. The summed E-state index contributed by atoms with van der Waals surface area (Å²) < 4.78 is 25.0. The van der Waals surface area contributed by atoms with Gasteiger partial charge in [0.2, 0.25) is 0 Å². The fraction of sp³-hybridized carbons (Fsp3) is 0.389. The number of carbonyl (C=O) groups is 1. The minimum absolute atomic E-state index is 0.0659. The van der Waals surface area contributed by atoms with Crippen molar-refractivity contribution >= 4 is 17.5 Å². The quantitative estimate of drug-likeness (QED) is 0.883. The van der Waals surface area contributed by atoms with Gasteiger partial charge in [-0.2, -0.15) is 0 Å². The number of nitrogens with zero attached hydrogens (tertiary/aromatic N) is 1. The molecule has 1 amide bonds. The minimum atomic E-state index is -0.598. The lowest BCUT2D eigenvalue weighted by atomic mass is 10.1. The Bertz CT molecular complexity index is 744. The van der Waals surface area contributed by atoms with Crippen molar-refractivity contribution in [3.8, 4) is 0 Å². The number of carbonyl (C=O) groups excluding carboxylic acids is 1. The molecule has 1 atom stereocenters. The smallest absolute Gasteiger partial charge is 0.254 e. The summed E-state index contributed by atoms with van der Waals surface area (Å²) in [4.78, 5) is 14.5. The van der Waals surface area contributed by atoms with E-state index in [2.05, 4.69) is 10.2 Å². The monoisotopic (exact) mass is 366 g/mol. The first-order valence-corrected chi connectivity index (χ1v) is 8.54. The molecule has 1 fully saturated rings. The third kappa shape index (κ3) is 4.39. The summed E-state index contributed by atoms with van der Waals surface area (Å²) >= 11 is 5.86. The van der Waals surface area contributed by atoms with E-state index in [1.807, 2.05) is 19.1 Å². The Morgan fingerprint density at radius 2 is 2.08 bits per heavy atom. The summed E-state index contributed by atoms with van der Waals surface area (Å²) in [6.45, 7) is 4.93. The molecule has 0 radical (unpaired) electrons. The molecule has 5 nitrogen and oxygen atoms in total. The molecule has 25 heavy (non-hydrogen) atoms. The van der Waals surface area contributed by atoms with E-state index in [0.717, 1.165) is 24.6 Å². The zero-order chi connectivity index (χ0) is 17.8. The van der Waals surface area contributed by atoms with E-state index in [0.29, 0.717) is 24.8 Å². The number of hydrogen-bond donors (Lipinski definition) is 1. The van der Waals surface area contributed by atoms with Gasteiger partial charge in [-0.15, -0.1) is 0 Å². The van der Waals surface area contributed by atoms with E-state index in [1.165, 1.54) is 18.2 Å². The molecule has 7 heteroatoms. The molecule has 1 aromatic carbocycles. The lowest BCUT2D eigenvalue weighted by molar-refractivity contribution is 0.0117. The van der Waals surface area contributed by atoms with Gasteiger partial charge in [0.05, 0.1) is 24.8 Å². The molecule has 0 saturated carbocycles. The number of halogens is 2. The van der Waals surface area contributed by atoms with E-state index in [9.17, 15) is 9.18 Å². The molecule has 134 valence electrons. The standard InChI is InChI=1S/C18H20ClFN2O3/c1-12-2-5-17(25-12)16(22-6-8-24-9-7-22)11-21-18(23)14-10-13(19)3-4-15(14)20/h2-5,10,16H,6-9,11H2,1H3,(H,21,23). The van der Waals surface area contributed by atoms with Crippen LogP contribution in [-0.4, -0.2) is 43.7 Å². The first kappa shape index (κ1) is 17.9. The predicted molar refractivity (Wildman–Crippen MR) is 92.3 cm³/mol. The highest BCUT2D eigenvalue weighted by atomic mass is 35.5. The molecule has 3 rings (SSSR count).